The highest BCUT2D eigenvalue weighted by Gasteiger charge is 2.34. The third-order valence-electron chi connectivity index (χ3n) is 4.38. The van der Waals surface area contributed by atoms with Crippen molar-refractivity contribution in [2.24, 2.45) is 0 Å². The fourth-order valence-electron chi connectivity index (χ4n) is 2.94. The third kappa shape index (κ3) is 6.57. The number of rotatable bonds is 10. The number of carbonyl (C=O) groups excluding carboxylic acids is 2. The van der Waals surface area contributed by atoms with Gasteiger partial charge in [0.15, 0.2) is 17.6 Å². The largest absolute Gasteiger partial charge is 0.491 e. The third-order valence-corrected chi connectivity index (χ3v) is 4.38. The molecule has 0 fully saturated rings. The van der Waals surface area contributed by atoms with Gasteiger partial charge in [-0.05, 0) is 31.0 Å². The van der Waals surface area contributed by atoms with Crippen LogP contribution in [0.3, 0.4) is 0 Å². The average Bonchev–Trinajstić information content (AvgIpc) is 2.72. The molecule has 0 aliphatic carbocycles. The Balaban J connectivity index is 2.05. The second kappa shape index (κ2) is 11.2. The number of methoxy groups -OCH3 is 1. The van der Waals surface area contributed by atoms with E-state index in [1.165, 1.54) is 31.1 Å². The van der Waals surface area contributed by atoms with Crippen LogP contribution in [0.5, 0.6) is 5.75 Å². The maximum absolute atomic E-state index is 13.6. The van der Waals surface area contributed by atoms with Crippen molar-refractivity contribution in [3.63, 3.8) is 0 Å². The molecular formula is C22H26FNO5. The minimum absolute atomic E-state index is 0.0709. The summed E-state index contributed by atoms with van der Waals surface area (Å²) in [5.41, 5.74) is 0.818. The molecule has 29 heavy (non-hydrogen) atoms. The van der Waals surface area contributed by atoms with Crippen molar-refractivity contribution < 1.29 is 28.6 Å². The molecule has 0 unspecified atom stereocenters. The molecule has 0 heterocycles. The minimum atomic E-state index is -1.12. The molecule has 0 aliphatic heterocycles. The van der Waals surface area contributed by atoms with E-state index >= 15 is 0 Å². The Labute approximate surface area is 169 Å². The second-order valence-corrected chi connectivity index (χ2v) is 6.60. The maximum Gasteiger partial charge on any atom is 0.331 e. The summed E-state index contributed by atoms with van der Waals surface area (Å²) in [7, 11) is 1.21. The minimum Gasteiger partial charge on any atom is -0.491 e. The van der Waals surface area contributed by atoms with Crippen molar-refractivity contribution in [3.8, 4) is 5.75 Å². The van der Waals surface area contributed by atoms with E-state index in [1.807, 2.05) is 30.3 Å². The van der Waals surface area contributed by atoms with E-state index in [-0.39, 0.29) is 31.2 Å². The lowest BCUT2D eigenvalue weighted by Crippen LogP contribution is -2.51. The Morgan fingerprint density at radius 2 is 1.76 bits per heavy atom. The number of aliphatic hydroxyl groups excluding tert-OH is 1. The number of hydrogen-bond donors (Lipinski definition) is 1. The molecule has 2 aromatic carbocycles. The van der Waals surface area contributed by atoms with E-state index in [1.54, 1.807) is 12.1 Å². The number of nitrogens with zero attached hydrogens (tertiary/aromatic N) is 1. The van der Waals surface area contributed by atoms with Gasteiger partial charge in [-0.3, -0.25) is 4.79 Å². The highest BCUT2D eigenvalue weighted by atomic mass is 19.1. The van der Waals surface area contributed by atoms with Crippen LogP contribution in [0, 0.1) is 5.82 Å². The SMILES string of the molecule is COC(=O)[C@H]([C@@H](C)O)N(Cc1ccccc1)C(=O)CCCOc1ccccc1F. The highest BCUT2D eigenvalue weighted by Crippen LogP contribution is 2.17. The van der Waals surface area contributed by atoms with E-state index in [2.05, 4.69) is 0 Å². The smallest absolute Gasteiger partial charge is 0.331 e. The number of amides is 1. The first-order chi connectivity index (χ1) is 13.9. The molecule has 0 saturated heterocycles. The normalized spacial score (nSPS) is 12.7. The molecule has 2 aromatic rings. The summed E-state index contributed by atoms with van der Waals surface area (Å²) < 4.78 is 23.7. The number of carbonyl (C=O) groups is 2. The van der Waals surface area contributed by atoms with Gasteiger partial charge in [0, 0.05) is 13.0 Å². The molecule has 6 nitrogen and oxygen atoms in total. The first-order valence-corrected chi connectivity index (χ1v) is 9.40. The van der Waals surface area contributed by atoms with Gasteiger partial charge in [0.25, 0.3) is 0 Å². The molecule has 0 bridgehead atoms. The number of aliphatic hydroxyl groups is 1. The zero-order chi connectivity index (χ0) is 21.2. The molecule has 2 rings (SSSR count). The molecule has 7 heteroatoms. The van der Waals surface area contributed by atoms with Gasteiger partial charge in [0.1, 0.15) is 0 Å². The molecule has 1 N–H and O–H groups in total. The first kappa shape index (κ1) is 22.4. The predicted molar refractivity (Wildman–Crippen MR) is 106 cm³/mol. The fraction of sp³-hybridized carbons (Fsp3) is 0.364. The first-order valence-electron chi connectivity index (χ1n) is 9.40. The van der Waals surface area contributed by atoms with Crippen molar-refractivity contribution in [1.29, 1.82) is 0 Å². The van der Waals surface area contributed by atoms with Crippen molar-refractivity contribution in [2.45, 2.75) is 38.5 Å². The van der Waals surface area contributed by atoms with Crippen LogP contribution in [0.4, 0.5) is 4.39 Å². The number of halogens is 1. The zero-order valence-electron chi connectivity index (χ0n) is 16.6. The number of esters is 1. The maximum atomic E-state index is 13.6. The van der Waals surface area contributed by atoms with Crippen molar-refractivity contribution >= 4 is 11.9 Å². The average molecular weight is 403 g/mol. The van der Waals surface area contributed by atoms with Gasteiger partial charge in [-0.25, -0.2) is 9.18 Å². The Bertz CT molecular complexity index is 797. The molecule has 2 atom stereocenters. The quantitative estimate of drug-likeness (QED) is 0.488. The van der Waals surface area contributed by atoms with Crippen LogP contribution in [0.2, 0.25) is 0 Å². The van der Waals surface area contributed by atoms with Crippen LogP contribution in [0.15, 0.2) is 54.6 Å². The summed E-state index contributed by atoms with van der Waals surface area (Å²) in [5, 5.41) is 10.1. The monoisotopic (exact) mass is 403 g/mol. The van der Waals surface area contributed by atoms with Crippen LogP contribution < -0.4 is 4.74 Å². The second-order valence-electron chi connectivity index (χ2n) is 6.60. The summed E-state index contributed by atoms with van der Waals surface area (Å²) in [6.45, 7) is 1.73. The summed E-state index contributed by atoms with van der Waals surface area (Å²) in [6.07, 6.45) is -0.710. The standard InChI is InChI=1S/C22H26FNO5/c1-16(25)21(22(27)28-2)24(15-17-9-4-3-5-10-17)20(26)13-8-14-29-19-12-7-6-11-18(19)23/h3-7,9-12,16,21,25H,8,13-15H2,1-2H3/t16-,21+/m1/s1. The molecule has 0 radical (unpaired) electrons. The Morgan fingerprint density at radius 3 is 2.38 bits per heavy atom. The van der Waals surface area contributed by atoms with E-state index < -0.39 is 23.9 Å². The number of benzene rings is 2. The molecule has 156 valence electrons. The van der Waals surface area contributed by atoms with Gasteiger partial charge >= 0.3 is 5.97 Å². The van der Waals surface area contributed by atoms with Crippen LogP contribution >= 0.6 is 0 Å². The Kier molecular flexibility index (Phi) is 8.61. The summed E-state index contributed by atoms with van der Waals surface area (Å²) in [4.78, 5) is 26.4. The van der Waals surface area contributed by atoms with Gasteiger partial charge in [-0.1, -0.05) is 42.5 Å². The lowest BCUT2D eigenvalue weighted by molar-refractivity contribution is -0.158. The Morgan fingerprint density at radius 1 is 1.10 bits per heavy atom. The van der Waals surface area contributed by atoms with Crippen LogP contribution in [0.1, 0.15) is 25.3 Å². The van der Waals surface area contributed by atoms with Gasteiger partial charge in [0.2, 0.25) is 5.91 Å². The van der Waals surface area contributed by atoms with Crippen molar-refractivity contribution in [1.82, 2.24) is 4.90 Å². The molecule has 0 saturated carbocycles. The van der Waals surface area contributed by atoms with E-state index in [9.17, 15) is 19.1 Å². The lowest BCUT2D eigenvalue weighted by Gasteiger charge is -2.32. The van der Waals surface area contributed by atoms with Crippen LogP contribution in [-0.2, 0) is 20.9 Å². The molecule has 0 aliphatic rings. The van der Waals surface area contributed by atoms with Crippen LogP contribution in [-0.4, -0.2) is 47.7 Å². The number of hydrogen-bond acceptors (Lipinski definition) is 5. The van der Waals surface area contributed by atoms with Crippen molar-refractivity contribution in [2.75, 3.05) is 13.7 Å². The molecule has 0 spiro atoms. The molecular weight excluding hydrogens is 377 g/mol. The van der Waals surface area contributed by atoms with Crippen LogP contribution in [0.25, 0.3) is 0 Å². The van der Waals surface area contributed by atoms with Crippen molar-refractivity contribution in [3.05, 3.63) is 66.0 Å². The Hall–Kier alpha value is -2.93. The fourth-order valence-corrected chi connectivity index (χ4v) is 2.94. The van der Waals surface area contributed by atoms with Gasteiger partial charge in [-0.15, -0.1) is 0 Å². The zero-order valence-corrected chi connectivity index (χ0v) is 16.6. The summed E-state index contributed by atoms with van der Waals surface area (Å²) in [6, 6.07) is 14.1. The summed E-state index contributed by atoms with van der Waals surface area (Å²) in [5.74, 6) is -1.36. The van der Waals surface area contributed by atoms with Gasteiger partial charge in [0.05, 0.1) is 19.8 Å². The van der Waals surface area contributed by atoms with E-state index in [4.69, 9.17) is 9.47 Å². The molecule has 0 aromatic heterocycles. The van der Waals surface area contributed by atoms with Gasteiger partial charge in [-0.2, -0.15) is 0 Å². The van der Waals surface area contributed by atoms with E-state index in [0.29, 0.717) is 6.42 Å². The van der Waals surface area contributed by atoms with E-state index in [0.717, 1.165) is 5.56 Å². The number of ether oxygens (including phenoxy) is 2. The van der Waals surface area contributed by atoms with Gasteiger partial charge < -0.3 is 19.5 Å². The molecule has 1 amide bonds. The topological polar surface area (TPSA) is 76.1 Å². The summed E-state index contributed by atoms with van der Waals surface area (Å²) >= 11 is 0. The lowest BCUT2D eigenvalue weighted by atomic mass is 10.1. The highest BCUT2D eigenvalue weighted by molar-refractivity contribution is 5.85. The number of para-hydroxylation sites is 1. The predicted octanol–water partition coefficient (Wildman–Crippen LogP) is 2.94.